The van der Waals surface area contributed by atoms with E-state index in [9.17, 15) is 4.79 Å². The number of nitrogens with zero attached hydrogens (tertiary/aromatic N) is 1. The van der Waals surface area contributed by atoms with Crippen LogP contribution in [0.25, 0.3) is 0 Å². The van der Waals surface area contributed by atoms with E-state index in [0.717, 1.165) is 25.4 Å². The lowest BCUT2D eigenvalue weighted by Gasteiger charge is -2.18. The third-order valence-electron chi connectivity index (χ3n) is 2.46. The molecule has 0 aliphatic carbocycles. The lowest BCUT2D eigenvalue weighted by molar-refractivity contribution is -0.142. The van der Waals surface area contributed by atoms with Crippen LogP contribution in [0.5, 0.6) is 0 Å². The molecule has 0 aliphatic heterocycles. The molecule has 0 fully saturated rings. The van der Waals surface area contributed by atoms with E-state index in [1.165, 1.54) is 0 Å². The Bertz CT molecular complexity index is 184. The largest absolute Gasteiger partial charge is 0.466 e. The second-order valence-corrected chi connectivity index (χ2v) is 5.26. The van der Waals surface area contributed by atoms with E-state index in [4.69, 9.17) is 4.74 Å². The molecule has 0 rings (SSSR count). The number of rotatable bonds is 9. The van der Waals surface area contributed by atoms with Gasteiger partial charge in [-0.3, -0.25) is 4.79 Å². The van der Waals surface area contributed by atoms with Crippen molar-refractivity contribution in [1.29, 1.82) is 0 Å². The lowest BCUT2D eigenvalue weighted by atomic mass is 10.3. The first-order valence-electron chi connectivity index (χ1n) is 6.13. The van der Waals surface area contributed by atoms with Crippen molar-refractivity contribution < 1.29 is 9.53 Å². The molecule has 0 amide bonds. The van der Waals surface area contributed by atoms with Gasteiger partial charge in [0.1, 0.15) is 0 Å². The summed E-state index contributed by atoms with van der Waals surface area (Å²) in [5.74, 6) is 1.01. The van der Waals surface area contributed by atoms with Crippen molar-refractivity contribution in [2.45, 2.75) is 39.4 Å². The van der Waals surface area contributed by atoms with Gasteiger partial charge in [-0.05, 0) is 20.0 Å². The highest BCUT2D eigenvalue weighted by Crippen LogP contribution is 2.14. The summed E-state index contributed by atoms with van der Waals surface area (Å²) in [7, 11) is 0. The van der Waals surface area contributed by atoms with Crippen LogP contribution in [0.15, 0.2) is 0 Å². The van der Waals surface area contributed by atoms with E-state index in [-0.39, 0.29) is 5.97 Å². The fourth-order valence-electron chi connectivity index (χ4n) is 1.44. The summed E-state index contributed by atoms with van der Waals surface area (Å²) < 4.78 is 4.92. The van der Waals surface area contributed by atoms with E-state index >= 15 is 0 Å². The predicted molar refractivity (Wildman–Crippen MR) is 71.0 cm³/mol. The molecule has 0 aromatic heterocycles. The Labute approximate surface area is 104 Å². The second kappa shape index (κ2) is 9.97. The van der Waals surface area contributed by atoms with Crippen LogP contribution < -0.4 is 0 Å². The van der Waals surface area contributed by atoms with Crippen LogP contribution in [0.3, 0.4) is 0 Å². The molecule has 0 radical (unpaired) electrons. The second-order valence-electron chi connectivity index (χ2n) is 3.72. The summed E-state index contributed by atoms with van der Waals surface area (Å²) >= 11 is 1.85. The number of hydrogen-bond donors (Lipinski definition) is 0. The molecule has 0 spiro atoms. The Kier molecular flexibility index (Phi) is 9.83. The minimum Gasteiger partial charge on any atom is -0.466 e. The van der Waals surface area contributed by atoms with Crippen LogP contribution in [0.1, 0.15) is 34.1 Å². The molecule has 0 aromatic carbocycles. The fourth-order valence-corrected chi connectivity index (χ4v) is 2.46. The summed E-state index contributed by atoms with van der Waals surface area (Å²) in [6.45, 7) is 12.1. The third-order valence-corrected chi connectivity index (χ3v) is 3.62. The average molecular weight is 247 g/mol. The van der Waals surface area contributed by atoms with Gasteiger partial charge in [-0.1, -0.05) is 20.8 Å². The summed E-state index contributed by atoms with van der Waals surface area (Å²) in [4.78, 5) is 13.6. The van der Waals surface area contributed by atoms with E-state index in [2.05, 4.69) is 25.7 Å². The van der Waals surface area contributed by atoms with Crippen molar-refractivity contribution in [3.63, 3.8) is 0 Å². The molecular weight excluding hydrogens is 222 g/mol. The van der Waals surface area contributed by atoms with Crippen LogP contribution in [-0.2, 0) is 9.53 Å². The molecule has 0 N–H and O–H groups in total. The summed E-state index contributed by atoms with van der Waals surface area (Å²) in [6.07, 6.45) is 0.525. The minimum atomic E-state index is -0.0784. The van der Waals surface area contributed by atoms with E-state index in [1.807, 2.05) is 18.7 Å². The molecule has 16 heavy (non-hydrogen) atoms. The van der Waals surface area contributed by atoms with Crippen molar-refractivity contribution in [3.8, 4) is 0 Å². The maximum atomic E-state index is 11.2. The van der Waals surface area contributed by atoms with Gasteiger partial charge in [0.2, 0.25) is 0 Å². The minimum absolute atomic E-state index is 0.0784. The van der Waals surface area contributed by atoms with Gasteiger partial charge in [0.05, 0.1) is 13.0 Å². The molecule has 0 aliphatic rings. The van der Waals surface area contributed by atoms with Gasteiger partial charge in [0.25, 0.3) is 0 Å². The molecular formula is C12H25NO2S. The number of carbonyl (C=O) groups excluding carboxylic acids is 1. The van der Waals surface area contributed by atoms with Gasteiger partial charge in [-0.25, -0.2) is 0 Å². The normalized spacial score (nSPS) is 12.8. The van der Waals surface area contributed by atoms with Gasteiger partial charge < -0.3 is 9.64 Å². The van der Waals surface area contributed by atoms with Crippen molar-refractivity contribution in [2.75, 3.05) is 32.0 Å². The highest BCUT2D eigenvalue weighted by Gasteiger charge is 2.10. The zero-order valence-electron chi connectivity index (χ0n) is 11.0. The molecule has 4 heteroatoms. The van der Waals surface area contributed by atoms with Crippen molar-refractivity contribution >= 4 is 17.7 Å². The van der Waals surface area contributed by atoms with Crippen molar-refractivity contribution in [2.24, 2.45) is 0 Å². The Morgan fingerprint density at radius 1 is 1.31 bits per heavy atom. The monoisotopic (exact) mass is 247 g/mol. The van der Waals surface area contributed by atoms with E-state index < -0.39 is 0 Å². The number of hydrogen-bond acceptors (Lipinski definition) is 4. The molecule has 0 saturated heterocycles. The van der Waals surface area contributed by atoms with Crippen molar-refractivity contribution in [3.05, 3.63) is 0 Å². The molecule has 96 valence electrons. The fraction of sp³-hybridized carbons (Fsp3) is 0.917. The van der Waals surface area contributed by atoms with Crippen LogP contribution in [0.2, 0.25) is 0 Å². The molecule has 1 atom stereocenters. The zero-order valence-corrected chi connectivity index (χ0v) is 11.8. The molecule has 3 nitrogen and oxygen atoms in total. The topological polar surface area (TPSA) is 29.5 Å². The third kappa shape index (κ3) is 7.99. The highest BCUT2D eigenvalue weighted by molar-refractivity contribution is 7.99. The quantitative estimate of drug-likeness (QED) is 0.585. The molecule has 0 heterocycles. The number of esters is 1. The van der Waals surface area contributed by atoms with Crippen molar-refractivity contribution in [1.82, 2.24) is 4.90 Å². The molecule has 1 unspecified atom stereocenters. The number of ether oxygens (including phenoxy) is 1. The van der Waals surface area contributed by atoms with Gasteiger partial charge in [0, 0.05) is 17.5 Å². The Hall–Kier alpha value is -0.220. The van der Waals surface area contributed by atoms with E-state index in [0.29, 0.717) is 18.3 Å². The maximum absolute atomic E-state index is 11.2. The first-order valence-corrected chi connectivity index (χ1v) is 7.18. The first-order chi connectivity index (χ1) is 7.63. The Morgan fingerprint density at radius 2 is 1.94 bits per heavy atom. The SMILES string of the molecule is CCOC(=O)CC(C)SCCN(CC)CC. The number of carbonyl (C=O) groups is 1. The Balaban J connectivity index is 3.56. The van der Waals surface area contributed by atoms with Crippen LogP contribution in [-0.4, -0.2) is 48.1 Å². The molecule has 0 aromatic rings. The van der Waals surface area contributed by atoms with Gasteiger partial charge in [0.15, 0.2) is 0 Å². The number of thioether (sulfide) groups is 1. The smallest absolute Gasteiger partial charge is 0.306 e. The zero-order chi connectivity index (χ0) is 12.4. The standard InChI is InChI=1S/C12H25NO2S/c1-5-13(6-2)8-9-16-11(4)10-12(14)15-7-3/h11H,5-10H2,1-4H3. The summed E-state index contributed by atoms with van der Waals surface area (Å²) in [5, 5.41) is 0.356. The lowest BCUT2D eigenvalue weighted by Crippen LogP contribution is -2.26. The predicted octanol–water partition coefficient (Wildman–Crippen LogP) is 2.40. The van der Waals surface area contributed by atoms with Crippen LogP contribution in [0, 0.1) is 0 Å². The Morgan fingerprint density at radius 3 is 2.44 bits per heavy atom. The van der Waals surface area contributed by atoms with Crippen LogP contribution in [0.4, 0.5) is 0 Å². The average Bonchev–Trinajstić information content (AvgIpc) is 2.24. The van der Waals surface area contributed by atoms with Gasteiger partial charge in [-0.2, -0.15) is 11.8 Å². The summed E-state index contributed by atoms with van der Waals surface area (Å²) in [5.41, 5.74) is 0. The maximum Gasteiger partial charge on any atom is 0.306 e. The van der Waals surface area contributed by atoms with Gasteiger partial charge >= 0.3 is 5.97 Å². The highest BCUT2D eigenvalue weighted by atomic mass is 32.2. The first kappa shape index (κ1) is 15.8. The van der Waals surface area contributed by atoms with Gasteiger partial charge in [-0.15, -0.1) is 0 Å². The molecule has 0 saturated carbocycles. The van der Waals surface area contributed by atoms with E-state index in [1.54, 1.807) is 0 Å². The molecule has 0 bridgehead atoms. The summed E-state index contributed by atoms with van der Waals surface area (Å²) in [6, 6.07) is 0. The van der Waals surface area contributed by atoms with Crippen LogP contribution >= 0.6 is 11.8 Å².